The highest BCUT2D eigenvalue weighted by atomic mass is 79.9. The molecule has 0 bridgehead atoms. The van der Waals surface area contributed by atoms with E-state index < -0.39 is 0 Å². The zero-order valence-corrected chi connectivity index (χ0v) is 15.3. The van der Waals surface area contributed by atoms with Gasteiger partial charge in [-0.15, -0.1) is 0 Å². The maximum absolute atomic E-state index is 12.2. The molecule has 2 N–H and O–H groups in total. The van der Waals surface area contributed by atoms with Crippen molar-refractivity contribution in [2.45, 2.75) is 13.3 Å². The molecule has 0 radical (unpaired) electrons. The predicted molar refractivity (Wildman–Crippen MR) is 95.4 cm³/mol. The number of benzene rings is 1. The molecule has 7 nitrogen and oxygen atoms in total. The first-order valence-electron chi connectivity index (χ1n) is 7.38. The summed E-state index contributed by atoms with van der Waals surface area (Å²) < 4.78 is 7.09. The summed E-state index contributed by atoms with van der Waals surface area (Å²) in [5.74, 6) is 0.141. The number of rotatable bonds is 6. The maximum Gasteiger partial charge on any atom is 0.271 e. The molecule has 1 aromatic heterocycles. The third-order valence-electron chi connectivity index (χ3n) is 3.29. The molecule has 2 rings (SSSR count). The van der Waals surface area contributed by atoms with Crippen LogP contribution >= 0.6 is 15.9 Å². The Bertz CT molecular complexity index is 771. The Balaban J connectivity index is 2.30. The second-order valence-corrected chi connectivity index (χ2v) is 5.92. The topological polar surface area (TPSA) is 88.7 Å². The lowest BCUT2D eigenvalue weighted by Gasteiger charge is -2.06. The molecule has 0 atom stereocenters. The van der Waals surface area contributed by atoms with E-state index in [9.17, 15) is 9.90 Å². The van der Waals surface area contributed by atoms with Gasteiger partial charge in [0.25, 0.3) is 5.91 Å². The normalized spacial score (nSPS) is 11.0. The minimum Gasteiger partial charge on any atom is -0.503 e. The van der Waals surface area contributed by atoms with Crippen molar-refractivity contribution < 1.29 is 14.6 Å². The van der Waals surface area contributed by atoms with Gasteiger partial charge >= 0.3 is 0 Å². The molecule has 1 heterocycles. The molecule has 24 heavy (non-hydrogen) atoms. The largest absolute Gasteiger partial charge is 0.503 e. The average molecular weight is 395 g/mol. The number of carbonyl (C=O) groups excluding carboxylic acids is 1. The summed E-state index contributed by atoms with van der Waals surface area (Å²) in [6.07, 6.45) is 3.97. The number of aryl methyl sites for hydroxylation is 1. The molecule has 0 fully saturated rings. The van der Waals surface area contributed by atoms with E-state index >= 15 is 0 Å². The summed E-state index contributed by atoms with van der Waals surface area (Å²) in [5, 5.41) is 16.7. The molecule has 0 unspecified atom stereocenters. The summed E-state index contributed by atoms with van der Waals surface area (Å²) in [5.41, 5.74) is 1.57. The van der Waals surface area contributed by atoms with Gasteiger partial charge in [0.05, 0.1) is 17.8 Å². The summed E-state index contributed by atoms with van der Waals surface area (Å²) >= 11 is 3.26. The zero-order chi connectivity index (χ0) is 17.7. The molecule has 2 aromatic rings. The van der Waals surface area contributed by atoms with Gasteiger partial charge in [-0.2, -0.15) is 5.10 Å². The van der Waals surface area contributed by atoms with Gasteiger partial charge in [-0.05, 0) is 40.0 Å². The number of hydrogen-bond donors (Lipinski definition) is 2. The Morgan fingerprint density at radius 3 is 2.96 bits per heavy atom. The highest BCUT2D eigenvalue weighted by Gasteiger charge is 2.16. The third kappa shape index (κ3) is 3.94. The SMILES string of the molecule is CCCNC(=O)c1c(N=Cc2cc(Br)c(O)c(OC)c2)cnn1C. The molecule has 0 aliphatic rings. The van der Waals surface area contributed by atoms with Crippen molar-refractivity contribution in [3.8, 4) is 11.5 Å². The van der Waals surface area contributed by atoms with Crippen LogP contribution in [0.3, 0.4) is 0 Å². The lowest BCUT2D eigenvalue weighted by atomic mass is 10.2. The zero-order valence-electron chi connectivity index (χ0n) is 13.7. The third-order valence-corrected chi connectivity index (χ3v) is 3.90. The Hall–Kier alpha value is -2.35. The number of methoxy groups -OCH3 is 1. The molecule has 0 aliphatic heterocycles. The Labute approximate surface area is 148 Å². The van der Waals surface area contributed by atoms with Crippen LogP contribution in [0.1, 0.15) is 29.4 Å². The van der Waals surface area contributed by atoms with Gasteiger partial charge < -0.3 is 15.2 Å². The van der Waals surface area contributed by atoms with E-state index in [-0.39, 0.29) is 11.7 Å². The van der Waals surface area contributed by atoms with Crippen molar-refractivity contribution >= 4 is 33.7 Å². The second-order valence-electron chi connectivity index (χ2n) is 5.07. The second kappa shape index (κ2) is 7.96. The molecule has 0 spiro atoms. The van der Waals surface area contributed by atoms with E-state index in [2.05, 4.69) is 31.3 Å². The summed E-state index contributed by atoms with van der Waals surface area (Å²) in [7, 11) is 3.17. The van der Waals surface area contributed by atoms with Crippen molar-refractivity contribution in [2.24, 2.45) is 12.0 Å². The Kier molecular flexibility index (Phi) is 5.97. The first-order chi connectivity index (χ1) is 11.5. The monoisotopic (exact) mass is 394 g/mol. The van der Waals surface area contributed by atoms with Gasteiger partial charge in [-0.25, -0.2) is 0 Å². The van der Waals surface area contributed by atoms with Crippen LogP contribution in [0, 0.1) is 0 Å². The molecule has 0 aliphatic carbocycles. The number of nitrogens with one attached hydrogen (secondary N) is 1. The van der Waals surface area contributed by atoms with Gasteiger partial charge in [0.2, 0.25) is 0 Å². The van der Waals surface area contributed by atoms with Crippen molar-refractivity contribution in [3.63, 3.8) is 0 Å². The van der Waals surface area contributed by atoms with Gasteiger partial charge in [-0.1, -0.05) is 6.92 Å². The number of phenolic OH excluding ortho intramolecular Hbond substituents is 1. The number of hydrogen-bond acceptors (Lipinski definition) is 5. The number of phenols is 1. The van der Waals surface area contributed by atoms with Crippen LogP contribution in [0.25, 0.3) is 0 Å². The van der Waals surface area contributed by atoms with Crippen LogP contribution in [0.5, 0.6) is 11.5 Å². The highest BCUT2D eigenvalue weighted by Crippen LogP contribution is 2.34. The van der Waals surface area contributed by atoms with Crippen molar-refractivity contribution in [1.29, 1.82) is 0 Å². The van der Waals surface area contributed by atoms with Crippen LogP contribution in [0.2, 0.25) is 0 Å². The fourth-order valence-electron chi connectivity index (χ4n) is 2.07. The van der Waals surface area contributed by atoms with Crippen LogP contribution in [0.4, 0.5) is 5.69 Å². The molecule has 1 aromatic carbocycles. The Morgan fingerprint density at radius 1 is 1.54 bits per heavy atom. The number of aromatic nitrogens is 2. The molecule has 8 heteroatoms. The van der Waals surface area contributed by atoms with Crippen molar-refractivity contribution in [3.05, 3.63) is 34.1 Å². The molecule has 1 amide bonds. The summed E-state index contributed by atoms with van der Waals surface area (Å²) in [4.78, 5) is 16.6. The van der Waals surface area contributed by atoms with E-state index in [4.69, 9.17) is 4.74 Å². The number of ether oxygens (including phenoxy) is 1. The average Bonchev–Trinajstić information content (AvgIpc) is 2.94. The van der Waals surface area contributed by atoms with Crippen LogP contribution in [-0.2, 0) is 7.05 Å². The quantitative estimate of drug-likeness (QED) is 0.737. The van der Waals surface area contributed by atoms with Crippen LogP contribution in [0.15, 0.2) is 27.8 Å². The van der Waals surface area contributed by atoms with E-state index in [0.29, 0.717) is 33.7 Å². The van der Waals surface area contributed by atoms with E-state index in [0.717, 1.165) is 6.42 Å². The lowest BCUT2D eigenvalue weighted by molar-refractivity contribution is 0.0945. The molecule has 0 saturated carbocycles. The van der Waals surface area contributed by atoms with Crippen molar-refractivity contribution in [2.75, 3.05) is 13.7 Å². The Morgan fingerprint density at radius 2 is 2.29 bits per heavy atom. The molecule has 128 valence electrons. The molecular weight excluding hydrogens is 376 g/mol. The predicted octanol–water partition coefficient (Wildman–Crippen LogP) is 2.79. The fraction of sp³-hybridized carbons (Fsp3) is 0.312. The van der Waals surface area contributed by atoms with Gasteiger partial charge in [0.15, 0.2) is 17.2 Å². The first-order valence-corrected chi connectivity index (χ1v) is 8.18. The van der Waals surface area contributed by atoms with Crippen molar-refractivity contribution in [1.82, 2.24) is 15.1 Å². The number of aliphatic imine (C=N–C) groups is 1. The lowest BCUT2D eigenvalue weighted by Crippen LogP contribution is -2.26. The number of amides is 1. The minimum atomic E-state index is -0.214. The van der Waals surface area contributed by atoms with E-state index in [1.165, 1.54) is 18.0 Å². The van der Waals surface area contributed by atoms with Gasteiger partial charge in [0.1, 0.15) is 5.69 Å². The summed E-state index contributed by atoms with van der Waals surface area (Å²) in [6, 6.07) is 3.35. The number of halogens is 1. The molecular formula is C16H19BrN4O3. The standard InChI is InChI=1S/C16H19BrN4O3/c1-4-5-18-16(23)14-12(9-20-21(14)2)19-8-10-6-11(17)15(22)13(7-10)24-3/h6-9,22H,4-5H2,1-3H3,(H,18,23). The number of carbonyl (C=O) groups is 1. The van der Waals surface area contributed by atoms with Crippen LogP contribution < -0.4 is 10.1 Å². The maximum atomic E-state index is 12.2. The fourth-order valence-corrected chi connectivity index (χ4v) is 2.53. The van der Waals surface area contributed by atoms with Crippen LogP contribution in [-0.4, -0.2) is 40.7 Å². The number of nitrogens with zero attached hydrogens (tertiary/aromatic N) is 3. The number of aromatic hydroxyl groups is 1. The first kappa shape index (κ1) is 18.0. The van der Waals surface area contributed by atoms with E-state index in [1.54, 1.807) is 25.4 Å². The van der Waals surface area contributed by atoms with Gasteiger partial charge in [-0.3, -0.25) is 14.5 Å². The smallest absolute Gasteiger partial charge is 0.271 e. The van der Waals surface area contributed by atoms with E-state index in [1.807, 2.05) is 6.92 Å². The highest BCUT2D eigenvalue weighted by molar-refractivity contribution is 9.10. The summed E-state index contributed by atoms with van der Waals surface area (Å²) in [6.45, 7) is 2.58. The molecule has 0 saturated heterocycles. The van der Waals surface area contributed by atoms with Gasteiger partial charge in [0, 0.05) is 19.8 Å². The minimum absolute atomic E-state index is 0.0238.